The highest BCUT2D eigenvalue weighted by molar-refractivity contribution is 5.76. The fourth-order valence-electron chi connectivity index (χ4n) is 2.84. The third-order valence-corrected chi connectivity index (χ3v) is 3.90. The molecule has 1 saturated heterocycles. The Hall–Kier alpha value is -1.08. The second-order valence-electron chi connectivity index (χ2n) is 5.19. The Morgan fingerprint density at radius 1 is 1.24 bits per heavy atom. The molecule has 0 radical (unpaired) electrons. The van der Waals surface area contributed by atoms with Crippen LogP contribution in [-0.4, -0.2) is 24.5 Å². The molecular weight excluding hydrogens is 214 g/mol. The minimum absolute atomic E-state index is 0.148. The zero-order chi connectivity index (χ0) is 12.1. The molecule has 0 aromatic rings. The first-order chi connectivity index (χ1) is 8.29. The first-order valence-corrected chi connectivity index (χ1v) is 6.72. The predicted octanol–water partition coefficient (Wildman–Crippen LogP) is 1.33. The lowest BCUT2D eigenvalue weighted by atomic mass is 9.94. The largest absolute Gasteiger partial charge is 0.355 e. The van der Waals surface area contributed by atoms with Gasteiger partial charge in [-0.15, -0.1) is 0 Å². The Balaban J connectivity index is 1.87. The highest BCUT2D eigenvalue weighted by atomic mass is 16.1. The smallest absolute Gasteiger partial charge is 0.220 e. The fraction of sp³-hybridized carbons (Fsp3) is 0.846. The number of rotatable bonds is 2. The van der Waals surface area contributed by atoms with E-state index >= 15 is 0 Å². The second-order valence-corrected chi connectivity index (χ2v) is 5.19. The number of nitrogens with zero attached hydrogens (tertiary/aromatic N) is 1. The van der Waals surface area contributed by atoms with E-state index in [1.54, 1.807) is 0 Å². The summed E-state index contributed by atoms with van der Waals surface area (Å²) in [6.07, 6.45) is 7.28. The van der Waals surface area contributed by atoms with Crippen LogP contribution in [-0.2, 0) is 4.79 Å². The van der Waals surface area contributed by atoms with Gasteiger partial charge in [0.25, 0.3) is 0 Å². The number of carbonyl (C=O) groups is 1. The first-order valence-electron chi connectivity index (χ1n) is 6.72. The van der Waals surface area contributed by atoms with E-state index in [-0.39, 0.29) is 11.8 Å². The number of nitrogens with one attached hydrogen (secondary N) is 2. The minimum atomic E-state index is 0.148. The molecule has 2 fully saturated rings. The van der Waals surface area contributed by atoms with Gasteiger partial charge in [-0.25, -0.2) is 0 Å². The lowest BCUT2D eigenvalue weighted by molar-refractivity contribution is -0.122. The molecule has 17 heavy (non-hydrogen) atoms. The summed E-state index contributed by atoms with van der Waals surface area (Å²) >= 11 is 0. The summed E-state index contributed by atoms with van der Waals surface area (Å²) in [7, 11) is 0. The number of hydrogen-bond acceptors (Lipinski definition) is 3. The SMILES string of the molecule is N#CC1CCCCCC1NC1CCC(=O)NC1. The Morgan fingerprint density at radius 3 is 2.76 bits per heavy atom. The molecule has 1 aliphatic carbocycles. The summed E-state index contributed by atoms with van der Waals surface area (Å²) in [6.45, 7) is 0.716. The quantitative estimate of drug-likeness (QED) is 0.710. The molecule has 2 aliphatic rings. The molecule has 1 saturated carbocycles. The van der Waals surface area contributed by atoms with E-state index in [0.717, 1.165) is 19.3 Å². The number of nitriles is 1. The molecule has 3 unspecified atom stereocenters. The Kier molecular flexibility index (Phi) is 4.38. The van der Waals surface area contributed by atoms with Gasteiger partial charge >= 0.3 is 0 Å². The monoisotopic (exact) mass is 235 g/mol. The highest BCUT2D eigenvalue weighted by Crippen LogP contribution is 2.23. The average molecular weight is 235 g/mol. The lowest BCUT2D eigenvalue weighted by Crippen LogP contribution is -2.50. The normalized spacial score (nSPS) is 34.5. The van der Waals surface area contributed by atoms with Gasteiger partial charge in [0, 0.05) is 25.0 Å². The van der Waals surface area contributed by atoms with Gasteiger partial charge in [-0.2, -0.15) is 5.26 Å². The van der Waals surface area contributed by atoms with E-state index in [2.05, 4.69) is 16.7 Å². The van der Waals surface area contributed by atoms with E-state index in [4.69, 9.17) is 0 Å². The van der Waals surface area contributed by atoms with Crippen molar-refractivity contribution in [3.63, 3.8) is 0 Å². The second kappa shape index (κ2) is 6.02. The third kappa shape index (κ3) is 3.44. The van der Waals surface area contributed by atoms with Crippen LogP contribution in [0.3, 0.4) is 0 Å². The summed E-state index contributed by atoms with van der Waals surface area (Å²) in [5, 5.41) is 15.7. The van der Waals surface area contributed by atoms with Crippen molar-refractivity contribution in [3.8, 4) is 6.07 Å². The highest BCUT2D eigenvalue weighted by Gasteiger charge is 2.27. The van der Waals surface area contributed by atoms with Crippen molar-refractivity contribution < 1.29 is 4.79 Å². The van der Waals surface area contributed by atoms with Crippen LogP contribution in [0, 0.1) is 17.2 Å². The molecule has 3 atom stereocenters. The average Bonchev–Trinajstić information content (AvgIpc) is 2.57. The fourth-order valence-corrected chi connectivity index (χ4v) is 2.84. The molecule has 4 heteroatoms. The topological polar surface area (TPSA) is 64.9 Å². The van der Waals surface area contributed by atoms with Gasteiger partial charge in [-0.1, -0.05) is 19.3 Å². The summed E-state index contributed by atoms with van der Waals surface area (Å²) in [4.78, 5) is 11.1. The van der Waals surface area contributed by atoms with Crippen molar-refractivity contribution in [2.75, 3.05) is 6.54 Å². The summed E-state index contributed by atoms with van der Waals surface area (Å²) < 4.78 is 0. The van der Waals surface area contributed by atoms with Gasteiger partial charge < -0.3 is 10.6 Å². The summed E-state index contributed by atoms with van der Waals surface area (Å²) in [5.74, 6) is 0.302. The number of hydrogen-bond donors (Lipinski definition) is 2. The maximum Gasteiger partial charge on any atom is 0.220 e. The van der Waals surface area contributed by atoms with Crippen LogP contribution in [0.4, 0.5) is 0 Å². The molecule has 0 spiro atoms. The molecule has 4 nitrogen and oxygen atoms in total. The molecule has 0 aromatic heterocycles. The number of piperidine rings is 1. The zero-order valence-electron chi connectivity index (χ0n) is 10.2. The number of carbonyl (C=O) groups excluding carboxylic acids is 1. The minimum Gasteiger partial charge on any atom is -0.355 e. The summed E-state index contributed by atoms with van der Waals surface area (Å²) in [6, 6.07) is 3.12. The first kappa shape index (κ1) is 12.4. The molecular formula is C13H21N3O. The van der Waals surface area contributed by atoms with Gasteiger partial charge in [-0.3, -0.25) is 4.79 Å². The van der Waals surface area contributed by atoms with Crippen LogP contribution >= 0.6 is 0 Å². The predicted molar refractivity (Wildman–Crippen MR) is 65.1 cm³/mol. The molecule has 94 valence electrons. The van der Waals surface area contributed by atoms with Gasteiger partial charge in [0.2, 0.25) is 5.91 Å². The van der Waals surface area contributed by atoms with Crippen LogP contribution in [0.5, 0.6) is 0 Å². The number of amides is 1. The van der Waals surface area contributed by atoms with Crippen molar-refractivity contribution in [1.82, 2.24) is 10.6 Å². The molecule has 2 N–H and O–H groups in total. The standard InChI is InChI=1S/C13H21N3O/c14-8-10-4-2-1-3-5-12(10)16-11-6-7-13(17)15-9-11/h10-12,16H,1-7,9H2,(H,15,17). The van der Waals surface area contributed by atoms with Gasteiger partial charge in [-0.05, 0) is 19.3 Å². The molecule has 0 aromatic carbocycles. The van der Waals surface area contributed by atoms with E-state index in [9.17, 15) is 10.1 Å². The van der Waals surface area contributed by atoms with Crippen LogP contribution < -0.4 is 10.6 Å². The van der Waals surface area contributed by atoms with Crippen molar-refractivity contribution in [2.24, 2.45) is 5.92 Å². The van der Waals surface area contributed by atoms with Crippen molar-refractivity contribution in [1.29, 1.82) is 5.26 Å². The third-order valence-electron chi connectivity index (χ3n) is 3.90. The lowest BCUT2D eigenvalue weighted by Gasteiger charge is -2.30. The van der Waals surface area contributed by atoms with Gasteiger partial charge in [0.05, 0.1) is 12.0 Å². The van der Waals surface area contributed by atoms with E-state index in [1.165, 1.54) is 19.3 Å². The molecule has 1 amide bonds. The van der Waals surface area contributed by atoms with Crippen LogP contribution in [0.2, 0.25) is 0 Å². The van der Waals surface area contributed by atoms with Crippen molar-refractivity contribution in [2.45, 2.75) is 57.0 Å². The Morgan fingerprint density at radius 2 is 2.06 bits per heavy atom. The maximum atomic E-state index is 11.1. The van der Waals surface area contributed by atoms with E-state index < -0.39 is 0 Å². The Bertz CT molecular complexity index is 300. The van der Waals surface area contributed by atoms with Crippen LogP contribution in [0.25, 0.3) is 0 Å². The van der Waals surface area contributed by atoms with E-state index in [1.807, 2.05) is 0 Å². The maximum absolute atomic E-state index is 11.1. The molecule has 0 bridgehead atoms. The summed E-state index contributed by atoms with van der Waals surface area (Å²) in [5.41, 5.74) is 0. The molecule has 1 heterocycles. The van der Waals surface area contributed by atoms with Gasteiger partial charge in [0.15, 0.2) is 0 Å². The molecule has 1 aliphatic heterocycles. The van der Waals surface area contributed by atoms with Gasteiger partial charge in [0.1, 0.15) is 0 Å². The molecule has 2 rings (SSSR count). The van der Waals surface area contributed by atoms with Crippen molar-refractivity contribution >= 4 is 5.91 Å². The van der Waals surface area contributed by atoms with Crippen LogP contribution in [0.1, 0.15) is 44.9 Å². The zero-order valence-corrected chi connectivity index (χ0v) is 10.2. The van der Waals surface area contributed by atoms with E-state index in [0.29, 0.717) is 25.0 Å². The van der Waals surface area contributed by atoms with Crippen LogP contribution in [0.15, 0.2) is 0 Å². The van der Waals surface area contributed by atoms with Crippen molar-refractivity contribution in [3.05, 3.63) is 0 Å². The Labute approximate surface area is 103 Å².